The number of hydrogen-bond acceptors (Lipinski definition) is 1. The van der Waals surface area contributed by atoms with Gasteiger partial charge in [-0.2, -0.15) is 0 Å². The van der Waals surface area contributed by atoms with Gasteiger partial charge in [-0.25, -0.2) is 0 Å². The highest BCUT2D eigenvalue weighted by molar-refractivity contribution is 4.80. The Morgan fingerprint density at radius 2 is 1.60 bits per heavy atom. The fourth-order valence-corrected chi connectivity index (χ4v) is 2.37. The Kier molecular flexibility index (Phi) is 1.69. The summed E-state index contributed by atoms with van der Waals surface area (Å²) in [4.78, 5) is 2.62. The minimum absolute atomic E-state index is 1.01. The van der Waals surface area contributed by atoms with Gasteiger partial charge in [0.15, 0.2) is 0 Å². The molecule has 3 fully saturated rings. The van der Waals surface area contributed by atoms with Gasteiger partial charge in [-0.15, -0.1) is 0 Å². The quantitative estimate of drug-likeness (QED) is 0.494. The topological polar surface area (TPSA) is 3.24 Å². The Labute approximate surface area is 63.4 Å². The van der Waals surface area contributed by atoms with Crippen molar-refractivity contribution in [2.45, 2.75) is 26.2 Å². The second kappa shape index (κ2) is 2.54. The summed E-state index contributed by atoms with van der Waals surface area (Å²) in [6, 6.07) is 0. The molecule has 58 valence electrons. The van der Waals surface area contributed by atoms with Crippen LogP contribution in [0.25, 0.3) is 0 Å². The van der Waals surface area contributed by atoms with Gasteiger partial charge in [0.1, 0.15) is 0 Å². The van der Waals surface area contributed by atoms with Crippen molar-refractivity contribution in [3.8, 4) is 0 Å². The summed E-state index contributed by atoms with van der Waals surface area (Å²) in [7, 11) is 0. The maximum atomic E-state index is 2.62. The van der Waals surface area contributed by atoms with Gasteiger partial charge in [-0.1, -0.05) is 6.92 Å². The first-order valence-electron chi connectivity index (χ1n) is 4.58. The average Bonchev–Trinajstić information content (AvgIpc) is 2.24. The summed E-state index contributed by atoms with van der Waals surface area (Å²) in [6.07, 6.45) is 4.40. The van der Waals surface area contributed by atoms with Crippen LogP contribution in [0.4, 0.5) is 0 Å². The number of hydrogen-bond donors (Lipinski definition) is 0. The maximum Gasteiger partial charge on any atom is -0.00160 e. The van der Waals surface area contributed by atoms with Gasteiger partial charge in [0.05, 0.1) is 0 Å². The third kappa shape index (κ3) is 1.07. The monoisotopic (exact) mass is 139 g/mol. The summed E-state index contributed by atoms with van der Waals surface area (Å²) in [6.45, 7) is 6.57. The fraction of sp³-hybridized carbons (Fsp3) is 1.00. The van der Waals surface area contributed by atoms with Gasteiger partial charge in [0.2, 0.25) is 0 Å². The van der Waals surface area contributed by atoms with E-state index < -0.39 is 0 Å². The van der Waals surface area contributed by atoms with Crippen molar-refractivity contribution in [3.63, 3.8) is 0 Å². The van der Waals surface area contributed by atoms with E-state index >= 15 is 0 Å². The van der Waals surface area contributed by atoms with Crippen LogP contribution in [-0.4, -0.2) is 24.5 Å². The minimum atomic E-state index is 1.01. The van der Waals surface area contributed by atoms with E-state index in [1.54, 1.807) is 0 Å². The molecule has 10 heavy (non-hydrogen) atoms. The number of piperidine rings is 1. The first-order valence-corrected chi connectivity index (χ1v) is 4.58. The molecule has 3 heterocycles. The predicted octanol–water partition coefficient (Wildman–Crippen LogP) is 1.74. The van der Waals surface area contributed by atoms with Crippen molar-refractivity contribution in [1.29, 1.82) is 0 Å². The molecule has 1 nitrogen and oxygen atoms in total. The van der Waals surface area contributed by atoms with Crippen molar-refractivity contribution in [3.05, 3.63) is 0 Å². The van der Waals surface area contributed by atoms with E-state index in [1.165, 1.54) is 38.9 Å². The zero-order valence-electron chi connectivity index (χ0n) is 6.84. The summed E-state index contributed by atoms with van der Waals surface area (Å²) in [5.41, 5.74) is 0. The highest BCUT2D eigenvalue weighted by atomic mass is 15.1. The van der Waals surface area contributed by atoms with Crippen LogP contribution in [0, 0.1) is 11.8 Å². The molecule has 0 unspecified atom stereocenters. The third-order valence-electron chi connectivity index (χ3n) is 3.34. The molecule has 0 aromatic rings. The molecule has 3 aliphatic heterocycles. The van der Waals surface area contributed by atoms with Crippen LogP contribution in [0.1, 0.15) is 26.2 Å². The van der Waals surface area contributed by atoms with Crippen LogP contribution in [0.15, 0.2) is 0 Å². The van der Waals surface area contributed by atoms with Gasteiger partial charge < -0.3 is 4.90 Å². The lowest BCUT2D eigenvalue weighted by atomic mass is 9.86. The Morgan fingerprint density at radius 3 is 2.30 bits per heavy atom. The van der Waals surface area contributed by atoms with Gasteiger partial charge >= 0.3 is 0 Å². The van der Waals surface area contributed by atoms with Crippen LogP contribution < -0.4 is 0 Å². The van der Waals surface area contributed by atoms with Crippen LogP contribution >= 0.6 is 0 Å². The second-order valence-electron chi connectivity index (χ2n) is 3.95. The summed E-state index contributed by atoms with van der Waals surface area (Å²) in [5.74, 6) is 2.08. The minimum Gasteiger partial charge on any atom is -0.303 e. The average molecular weight is 139 g/mol. The van der Waals surface area contributed by atoms with E-state index in [0.29, 0.717) is 0 Å². The van der Waals surface area contributed by atoms with Crippen molar-refractivity contribution < 1.29 is 0 Å². The fourth-order valence-electron chi connectivity index (χ4n) is 2.37. The molecule has 0 aromatic heterocycles. The van der Waals surface area contributed by atoms with E-state index in [9.17, 15) is 0 Å². The second-order valence-corrected chi connectivity index (χ2v) is 3.95. The lowest BCUT2D eigenvalue weighted by molar-refractivity contribution is 0.213. The molecule has 0 spiro atoms. The third-order valence-corrected chi connectivity index (χ3v) is 3.34. The van der Waals surface area contributed by atoms with E-state index in [-0.39, 0.29) is 0 Å². The molecule has 0 radical (unpaired) electrons. The smallest absolute Gasteiger partial charge is 0.00160 e. The molecule has 0 aromatic carbocycles. The standard InChI is InChI=1S/C9H17N/c1-8-2-5-10-6-3-9(8)4-7-10/h8-9H,2-7H2,1H3/t8-/m0/s1. The Morgan fingerprint density at radius 1 is 1.00 bits per heavy atom. The zero-order valence-corrected chi connectivity index (χ0v) is 6.84. The molecular weight excluding hydrogens is 122 g/mol. The van der Waals surface area contributed by atoms with Gasteiger partial charge in [0.25, 0.3) is 0 Å². The van der Waals surface area contributed by atoms with E-state index in [2.05, 4.69) is 11.8 Å². The normalized spacial score (nSPS) is 47.1. The van der Waals surface area contributed by atoms with Crippen molar-refractivity contribution in [2.24, 2.45) is 11.8 Å². The van der Waals surface area contributed by atoms with Gasteiger partial charge in [0, 0.05) is 0 Å². The van der Waals surface area contributed by atoms with Gasteiger partial charge in [-0.3, -0.25) is 0 Å². The van der Waals surface area contributed by atoms with E-state index in [0.717, 1.165) is 11.8 Å². The molecule has 3 aliphatic rings. The molecule has 1 heteroatoms. The Balaban J connectivity index is 2.07. The van der Waals surface area contributed by atoms with Crippen LogP contribution in [0.5, 0.6) is 0 Å². The van der Waals surface area contributed by atoms with Gasteiger partial charge in [-0.05, 0) is 50.7 Å². The lowest BCUT2D eigenvalue weighted by Crippen LogP contribution is -2.30. The Hall–Kier alpha value is -0.0400. The van der Waals surface area contributed by atoms with E-state index in [4.69, 9.17) is 0 Å². The highest BCUT2D eigenvalue weighted by Crippen LogP contribution is 2.30. The SMILES string of the molecule is C[C@H]1CCN2CCC1CC2. The molecule has 2 bridgehead atoms. The first-order chi connectivity index (χ1) is 4.86. The number of rotatable bonds is 0. The van der Waals surface area contributed by atoms with Crippen molar-refractivity contribution >= 4 is 0 Å². The maximum absolute atomic E-state index is 2.62. The molecule has 3 rings (SSSR count). The summed E-state index contributed by atoms with van der Waals surface area (Å²) in [5, 5.41) is 0. The molecule has 0 aliphatic carbocycles. The molecule has 0 N–H and O–H groups in total. The number of fused-ring (bicyclic) bond motifs is 4. The predicted molar refractivity (Wildman–Crippen MR) is 42.9 cm³/mol. The largest absolute Gasteiger partial charge is 0.303 e. The zero-order chi connectivity index (χ0) is 6.97. The Bertz CT molecular complexity index is 114. The molecule has 0 saturated carbocycles. The lowest BCUT2D eigenvalue weighted by Gasteiger charge is -2.27. The number of nitrogens with zero attached hydrogens (tertiary/aromatic N) is 1. The van der Waals surface area contributed by atoms with Crippen molar-refractivity contribution in [1.82, 2.24) is 4.90 Å². The summed E-state index contributed by atoms with van der Waals surface area (Å²) >= 11 is 0. The molecule has 1 atom stereocenters. The first kappa shape index (κ1) is 6.66. The van der Waals surface area contributed by atoms with Crippen LogP contribution in [0.3, 0.4) is 0 Å². The van der Waals surface area contributed by atoms with Crippen LogP contribution in [-0.2, 0) is 0 Å². The summed E-state index contributed by atoms with van der Waals surface area (Å²) < 4.78 is 0. The molecular formula is C9H17N. The molecule has 3 saturated heterocycles. The van der Waals surface area contributed by atoms with E-state index in [1.807, 2.05) is 0 Å². The van der Waals surface area contributed by atoms with Crippen LogP contribution in [0.2, 0.25) is 0 Å². The molecule has 0 amide bonds. The van der Waals surface area contributed by atoms with Crippen molar-refractivity contribution in [2.75, 3.05) is 19.6 Å². The highest BCUT2D eigenvalue weighted by Gasteiger charge is 2.27.